The third-order valence-corrected chi connectivity index (χ3v) is 7.41. The zero-order valence-corrected chi connectivity index (χ0v) is 21.4. The smallest absolute Gasteiger partial charge is 0.263 e. The first-order valence-corrected chi connectivity index (χ1v) is 12.7. The summed E-state index contributed by atoms with van der Waals surface area (Å²) in [4.78, 5) is 11.4. The second kappa shape index (κ2) is 11.1. The quantitative estimate of drug-likeness (QED) is 0.315. The first-order chi connectivity index (χ1) is 17.5. The van der Waals surface area contributed by atoms with E-state index in [-0.39, 0.29) is 41.3 Å². The lowest BCUT2D eigenvalue weighted by molar-refractivity contribution is -0.118. The molecule has 1 fully saturated rings. The van der Waals surface area contributed by atoms with Crippen molar-refractivity contribution in [1.82, 2.24) is 0 Å². The maximum Gasteiger partial charge on any atom is 0.263 e. The molecule has 0 bridgehead atoms. The molecule has 1 aliphatic rings. The number of halogens is 3. The van der Waals surface area contributed by atoms with Gasteiger partial charge in [-0.1, -0.05) is 56.7 Å². The molecule has 3 aromatic carbocycles. The number of hydrogen-bond donors (Lipinski definition) is 1. The Balaban J connectivity index is 1.66. The minimum absolute atomic E-state index is 0.00772. The second-order valence-electron chi connectivity index (χ2n) is 10.7. The summed E-state index contributed by atoms with van der Waals surface area (Å²) in [6.45, 7) is 6.07. The molecular weight excluding hydrogens is 477 g/mol. The number of ketones is 1. The van der Waals surface area contributed by atoms with Crippen molar-refractivity contribution in [3.05, 3.63) is 88.7 Å². The van der Waals surface area contributed by atoms with E-state index in [1.807, 2.05) is 18.2 Å². The average molecular weight is 511 g/mol. The number of carbonyl (C=O) groups excluding carboxylic acids is 1. The van der Waals surface area contributed by atoms with Gasteiger partial charge in [0, 0.05) is 17.5 Å². The largest absolute Gasteiger partial charge is 0.489 e. The van der Waals surface area contributed by atoms with Crippen molar-refractivity contribution in [1.29, 1.82) is 0 Å². The van der Waals surface area contributed by atoms with E-state index in [0.717, 1.165) is 42.5 Å². The van der Waals surface area contributed by atoms with Gasteiger partial charge in [-0.05, 0) is 77.6 Å². The number of aliphatic hydroxyl groups excluding tert-OH is 1. The summed E-state index contributed by atoms with van der Waals surface area (Å²) < 4.78 is 47.8. The Morgan fingerprint density at radius 2 is 1.84 bits per heavy atom. The summed E-state index contributed by atoms with van der Waals surface area (Å²) in [5.41, 5.74) is 3.04. The number of hydrogen-bond acceptors (Lipinski definition) is 3. The lowest BCUT2D eigenvalue weighted by Crippen LogP contribution is -2.17. The maximum atomic E-state index is 14.9. The fraction of sp³-hybridized carbons (Fsp3) is 0.387. The second-order valence-corrected chi connectivity index (χ2v) is 10.7. The van der Waals surface area contributed by atoms with Crippen molar-refractivity contribution in [2.24, 2.45) is 5.41 Å². The molecule has 1 aliphatic carbocycles. The van der Waals surface area contributed by atoms with Gasteiger partial charge in [0.05, 0.1) is 6.10 Å². The SMILES string of the molecule is CC(=O)C[C@@H](O)c1cccc(OCc2ccc(-c3cc(C(F)F)ccc3F)c([C@@H]3CCCC3(C)C)c2)c1. The van der Waals surface area contributed by atoms with E-state index in [1.165, 1.54) is 13.0 Å². The Kier molecular flexibility index (Phi) is 8.08. The summed E-state index contributed by atoms with van der Waals surface area (Å²) in [5.74, 6) is 0.0907. The normalized spacial score (nSPS) is 17.7. The van der Waals surface area contributed by atoms with Crippen LogP contribution in [0.5, 0.6) is 5.75 Å². The van der Waals surface area contributed by atoms with Crippen LogP contribution in [0.1, 0.15) is 87.2 Å². The summed E-state index contributed by atoms with van der Waals surface area (Å²) in [5, 5.41) is 10.3. The first-order valence-electron chi connectivity index (χ1n) is 12.7. The van der Waals surface area contributed by atoms with E-state index in [1.54, 1.807) is 24.3 Å². The van der Waals surface area contributed by atoms with Crippen LogP contribution in [-0.4, -0.2) is 10.9 Å². The van der Waals surface area contributed by atoms with Gasteiger partial charge in [-0.3, -0.25) is 4.79 Å². The third-order valence-electron chi connectivity index (χ3n) is 7.41. The van der Waals surface area contributed by atoms with Gasteiger partial charge in [0.25, 0.3) is 6.43 Å². The fourth-order valence-electron chi connectivity index (χ4n) is 5.39. The number of rotatable bonds is 9. The molecule has 0 heterocycles. The molecule has 4 rings (SSSR count). The van der Waals surface area contributed by atoms with Gasteiger partial charge in [-0.25, -0.2) is 13.2 Å². The molecule has 0 amide bonds. The monoisotopic (exact) mass is 510 g/mol. The van der Waals surface area contributed by atoms with Gasteiger partial charge in [-0.2, -0.15) is 0 Å². The van der Waals surface area contributed by atoms with Crippen LogP contribution in [0.2, 0.25) is 0 Å². The zero-order valence-electron chi connectivity index (χ0n) is 21.4. The first kappa shape index (κ1) is 26.9. The molecule has 37 heavy (non-hydrogen) atoms. The van der Waals surface area contributed by atoms with E-state index in [9.17, 15) is 23.1 Å². The summed E-state index contributed by atoms with van der Waals surface area (Å²) >= 11 is 0. The highest BCUT2D eigenvalue weighted by molar-refractivity contribution is 5.76. The molecular formula is C31H33F3O3. The predicted molar refractivity (Wildman–Crippen MR) is 138 cm³/mol. The van der Waals surface area contributed by atoms with Crippen molar-refractivity contribution < 1.29 is 27.8 Å². The molecule has 0 unspecified atom stereocenters. The van der Waals surface area contributed by atoms with Crippen LogP contribution < -0.4 is 4.74 Å². The standard InChI is InChI=1S/C31H33F3O3/c1-19(35)14-29(36)21-6-4-7-23(16-21)37-18-20-9-11-24(25(15-20)27-8-5-13-31(27,2)3)26-17-22(30(33)34)10-12-28(26)32/h4,6-7,9-12,15-17,27,29-30,36H,5,8,13-14,18H2,1-3H3/t27-,29+/m0/s1. The van der Waals surface area contributed by atoms with Crippen molar-refractivity contribution in [3.63, 3.8) is 0 Å². The van der Waals surface area contributed by atoms with E-state index in [0.29, 0.717) is 16.9 Å². The molecule has 0 aliphatic heterocycles. The molecule has 0 aromatic heterocycles. The van der Waals surface area contributed by atoms with Crippen LogP contribution in [-0.2, 0) is 11.4 Å². The van der Waals surface area contributed by atoms with Crippen molar-refractivity contribution in [3.8, 4) is 16.9 Å². The van der Waals surface area contributed by atoms with Crippen molar-refractivity contribution in [2.75, 3.05) is 0 Å². The lowest BCUT2D eigenvalue weighted by atomic mass is 9.75. The van der Waals surface area contributed by atoms with Crippen LogP contribution in [0, 0.1) is 11.2 Å². The number of carbonyl (C=O) groups is 1. The Hall–Kier alpha value is -3.12. The molecule has 196 valence electrons. The van der Waals surface area contributed by atoms with Gasteiger partial charge in [0.1, 0.15) is 24.0 Å². The highest BCUT2D eigenvalue weighted by Crippen LogP contribution is 2.51. The number of benzene rings is 3. The number of Topliss-reactive ketones (excluding diaryl/α,β-unsaturated/α-hetero) is 1. The van der Waals surface area contributed by atoms with Crippen LogP contribution in [0.25, 0.3) is 11.1 Å². The summed E-state index contributed by atoms with van der Waals surface area (Å²) in [6, 6.07) is 16.2. The molecule has 3 aromatic rings. The van der Waals surface area contributed by atoms with E-state index >= 15 is 0 Å². The summed E-state index contributed by atoms with van der Waals surface area (Å²) in [7, 11) is 0. The average Bonchev–Trinajstić information content (AvgIpc) is 3.21. The molecule has 1 saturated carbocycles. The van der Waals surface area contributed by atoms with Crippen LogP contribution in [0.3, 0.4) is 0 Å². The Morgan fingerprint density at radius 3 is 2.51 bits per heavy atom. The molecule has 0 saturated heterocycles. The number of alkyl halides is 2. The molecule has 1 N–H and O–H groups in total. The third kappa shape index (κ3) is 6.24. The molecule has 0 spiro atoms. The van der Waals surface area contributed by atoms with Gasteiger partial charge < -0.3 is 9.84 Å². The Morgan fingerprint density at radius 1 is 1.05 bits per heavy atom. The molecule has 6 heteroatoms. The maximum absolute atomic E-state index is 14.9. The molecule has 0 radical (unpaired) electrons. The summed E-state index contributed by atoms with van der Waals surface area (Å²) in [6.07, 6.45) is -0.510. The van der Waals surface area contributed by atoms with Gasteiger partial charge >= 0.3 is 0 Å². The van der Waals surface area contributed by atoms with Crippen molar-refractivity contribution >= 4 is 5.78 Å². The van der Waals surface area contributed by atoms with Crippen LogP contribution in [0.4, 0.5) is 13.2 Å². The lowest BCUT2D eigenvalue weighted by Gasteiger charge is -2.30. The van der Waals surface area contributed by atoms with Gasteiger partial charge in [0.2, 0.25) is 0 Å². The topological polar surface area (TPSA) is 46.5 Å². The fourth-order valence-corrected chi connectivity index (χ4v) is 5.39. The van der Waals surface area contributed by atoms with Crippen molar-refractivity contribution in [2.45, 2.75) is 71.5 Å². The van der Waals surface area contributed by atoms with Crippen LogP contribution in [0.15, 0.2) is 60.7 Å². The van der Waals surface area contributed by atoms with E-state index in [2.05, 4.69) is 13.8 Å². The molecule has 3 nitrogen and oxygen atoms in total. The van der Waals surface area contributed by atoms with E-state index < -0.39 is 18.3 Å². The number of ether oxygens (including phenoxy) is 1. The number of aliphatic hydroxyl groups is 1. The minimum atomic E-state index is -2.68. The predicted octanol–water partition coefficient (Wildman–Crippen LogP) is 8.32. The van der Waals surface area contributed by atoms with Crippen LogP contribution >= 0.6 is 0 Å². The van der Waals surface area contributed by atoms with Gasteiger partial charge in [0.15, 0.2) is 0 Å². The van der Waals surface area contributed by atoms with Gasteiger partial charge in [-0.15, -0.1) is 0 Å². The zero-order chi connectivity index (χ0) is 26.7. The minimum Gasteiger partial charge on any atom is -0.489 e. The molecule has 2 atom stereocenters. The highest BCUT2D eigenvalue weighted by atomic mass is 19.3. The Labute approximate surface area is 216 Å². The van der Waals surface area contributed by atoms with E-state index in [4.69, 9.17) is 4.74 Å². The Bertz CT molecular complexity index is 1270. The highest BCUT2D eigenvalue weighted by Gasteiger charge is 2.37.